The third-order valence-electron chi connectivity index (χ3n) is 2.55. The summed E-state index contributed by atoms with van der Waals surface area (Å²) in [6.45, 7) is 0. The quantitative estimate of drug-likeness (QED) is 0.891. The first kappa shape index (κ1) is 15.1. The van der Waals surface area contributed by atoms with E-state index >= 15 is 0 Å². The van der Waals surface area contributed by atoms with Crippen LogP contribution in [0, 0.1) is 0 Å². The highest BCUT2D eigenvalue weighted by Gasteiger charge is 2.33. The smallest absolute Gasteiger partial charge is 0.418 e. The molecule has 2 N–H and O–H groups in total. The Labute approximate surface area is 122 Å². The zero-order chi connectivity index (χ0) is 15.6. The third-order valence-corrected chi connectivity index (χ3v) is 2.78. The molecule has 0 aliphatic carbocycles. The van der Waals surface area contributed by atoms with Crippen molar-refractivity contribution in [2.24, 2.45) is 0 Å². The van der Waals surface area contributed by atoms with Gasteiger partial charge in [0.25, 0.3) is 0 Å². The fourth-order valence-electron chi connectivity index (χ4n) is 1.64. The van der Waals surface area contributed by atoms with Crippen LogP contribution in [0.2, 0.25) is 5.02 Å². The molecule has 0 aliphatic heterocycles. The molecule has 0 amide bonds. The molecule has 8 heteroatoms. The number of carboxylic acids is 1. The molecule has 21 heavy (non-hydrogen) atoms. The molecule has 0 saturated carbocycles. The van der Waals surface area contributed by atoms with Gasteiger partial charge in [-0.2, -0.15) is 13.2 Å². The molecule has 0 atom stereocenters. The van der Waals surface area contributed by atoms with Crippen LogP contribution in [0.5, 0.6) is 0 Å². The Balaban J connectivity index is 2.40. The van der Waals surface area contributed by atoms with Gasteiger partial charge in [0.15, 0.2) is 0 Å². The molecule has 2 aromatic rings. The lowest BCUT2D eigenvalue weighted by atomic mass is 10.1. The van der Waals surface area contributed by atoms with E-state index in [1.165, 1.54) is 24.4 Å². The number of aromatic nitrogens is 1. The largest absolute Gasteiger partial charge is 0.477 e. The van der Waals surface area contributed by atoms with Gasteiger partial charge < -0.3 is 10.4 Å². The highest BCUT2D eigenvalue weighted by atomic mass is 35.5. The highest BCUT2D eigenvalue weighted by molar-refractivity contribution is 6.30. The van der Waals surface area contributed by atoms with Gasteiger partial charge >= 0.3 is 12.1 Å². The molecule has 0 unspecified atom stereocenters. The van der Waals surface area contributed by atoms with E-state index in [0.717, 1.165) is 12.1 Å². The summed E-state index contributed by atoms with van der Waals surface area (Å²) in [5.41, 5.74) is -1.27. The van der Waals surface area contributed by atoms with Crippen LogP contribution in [0.1, 0.15) is 16.1 Å². The van der Waals surface area contributed by atoms with Crippen molar-refractivity contribution >= 4 is 28.9 Å². The van der Waals surface area contributed by atoms with Crippen LogP contribution in [-0.2, 0) is 6.18 Å². The first-order chi connectivity index (χ1) is 9.77. The number of benzene rings is 1. The molecular formula is C13H8ClF3N2O2. The molecule has 4 nitrogen and oxygen atoms in total. The van der Waals surface area contributed by atoms with E-state index < -0.39 is 17.7 Å². The molecule has 0 fully saturated rings. The SMILES string of the molecule is O=C(O)c1cc(Nc2ccc(Cl)cc2C(F)(F)F)ccn1. The molecule has 0 aliphatic rings. The second kappa shape index (κ2) is 5.61. The van der Waals surface area contributed by atoms with Crippen LogP contribution in [0.3, 0.4) is 0 Å². The maximum absolute atomic E-state index is 12.9. The Kier molecular flexibility index (Phi) is 4.04. The fraction of sp³-hybridized carbons (Fsp3) is 0.0769. The zero-order valence-corrected chi connectivity index (χ0v) is 11.0. The molecule has 0 spiro atoms. The van der Waals surface area contributed by atoms with Gasteiger partial charge in [-0.3, -0.25) is 0 Å². The first-order valence-corrected chi connectivity index (χ1v) is 5.98. The predicted molar refractivity (Wildman–Crippen MR) is 70.9 cm³/mol. The Morgan fingerprint density at radius 2 is 1.95 bits per heavy atom. The van der Waals surface area contributed by atoms with Crippen molar-refractivity contribution in [3.8, 4) is 0 Å². The summed E-state index contributed by atoms with van der Waals surface area (Å²) in [4.78, 5) is 14.4. The van der Waals surface area contributed by atoms with Gasteiger partial charge in [0.2, 0.25) is 0 Å². The summed E-state index contributed by atoms with van der Waals surface area (Å²) in [7, 11) is 0. The van der Waals surface area contributed by atoms with Gasteiger partial charge in [-0.15, -0.1) is 0 Å². The Morgan fingerprint density at radius 1 is 1.24 bits per heavy atom. The number of nitrogens with zero attached hydrogens (tertiary/aromatic N) is 1. The average molecular weight is 317 g/mol. The molecule has 0 radical (unpaired) electrons. The average Bonchev–Trinajstić information content (AvgIpc) is 2.40. The lowest BCUT2D eigenvalue weighted by molar-refractivity contribution is -0.136. The van der Waals surface area contributed by atoms with Crippen LogP contribution in [-0.4, -0.2) is 16.1 Å². The summed E-state index contributed by atoms with van der Waals surface area (Å²) >= 11 is 5.58. The van der Waals surface area contributed by atoms with E-state index in [1.807, 2.05) is 0 Å². The number of alkyl halides is 3. The highest BCUT2D eigenvalue weighted by Crippen LogP contribution is 2.37. The van der Waals surface area contributed by atoms with Gasteiger partial charge in [-0.1, -0.05) is 11.6 Å². The van der Waals surface area contributed by atoms with Gasteiger partial charge in [-0.25, -0.2) is 9.78 Å². The summed E-state index contributed by atoms with van der Waals surface area (Å²) in [5.74, 6) is -1.27. The van der Waals surface area contributed by atoms with Crippen molar-refractivity contribution in [3.05, 3.63) is 52.8 Å². The second-order valence-electron chi connectivity index (χ2n) is 4.05. The van der Waals surface area contributed by atoms with E-state index in [1.54, 1.807) is 0 Å². The molecule has 1 aromatic heterocycles. The van der Waals surface area contributed by atoms with Crippen LogP contribution in [0.15, 0.2) is 36.5 Å². The minimum absolute atomic E-state index is 0.0474. The summed E-state index contributed by atoms with van der Waals surface area (Å²) in [6, 6.07) is 5.77. The molecule has 1 aromatic carbocycles. The number of rotatable bonds is 3. The van der Waals surface area contributed by atoms with Crippen molar-refractivity contribution in [1.82, 2.24) is 4.98 Å². The van der Waals surface area contributed by atoms with Crippen LogP contribution >= 0.6 is 11.6 Å². The number of hydrogen-bond acceptors (Lipinski definition) is 3. The number of halogens is 4. The van der Waals surface area contributed by atoms with Crippen molar-refractivity contribution < 1.29 is 23.1 Å². The first-order valence-electron chi connectivity index (χ1n) is 5.60. The number of nitrogens with one attached hydrogen (secondary N) is 1. The summed E-state index contributed by atoms with van der Waals surface area (Å²) < 4.78 is 38.8. The van der Waals surface area contributed by atoms with E-state index in [-0.39, 0.29) is 22.1 Å². The van der Waals surface area contributed by atoms with E-state index in [2.05, 4.69) is 10.3 Å². The molecule has 0 saturated heterocycles. The Morgan fingerprint density at radius 3 is 2.57 bits per heavy atom. The fourth-order valence-corrected chi connectivity index (χ4v) is 1.81. The summed E-state index contributed by atoms with van der Waals surface area (Å²) in [5, 5.41) is 11.3. The minimum atomic E-state index is -4.59. The van der Waals surface area contributed by atoms with E-state index in [0.29, 0.717) is 0 Å². The minimum Gasteiger partial charge on any atom is -0.477 e. The molecular weight excluding hydrogens is 309 g/mol. The Hall–Kier alpha value is -2.28. The number of aromatic carboxylic acids is 1. The molecule has 110 valence electrons. The van der Waals surface area contributed by atoms with Crippen molar-refractivity contribution in [3.63, 3.8) is 0 Å². The third kappa shape index (κ3) is 3.63. The standard InChI is InChI=1S/C13H8ClF3N2O2/c14-7-1-2-10(9(5-7)13(15,16)17)19-8-3-4-18-11(6-8)12(20)21/h1-6H,(H,18,19)(H,20,21). The van der Waals surface area contributed by atoms with Crippen molar-refractivity contribution in [2.45, 2.75) is 6.18 Å². The van der Waals surface area contributed by atoms with Crippen molar-refractivity contribution in [1.29, 1.82) is 0 Å². The number of carboxylic acid groups (broad SMARTS) is 1. The lowest BCUT2D eigenvalue weighted by Crippen LogP contribution is -2.09. The van der Waals surface area contributed by atoms with Crippen LogP contribution in [0.25, 0.3) is 0 Å². The molecule has 0 bridgehead atoms. The Bertz CT molecular complexity index is 689. The second-order valence-corrected chi connectivity index (χ2v) is 4.48. The number of anilines is 2. The van der Waals surface area contributed by atoms with Gasteiger partial charge in [-0.05, 0) is 30.3 Å². The van der Waals surface area contributed by atoms with Gasteiger partial charge in [0.1, 0.15) is 5.69 Å². The zero-order valence-electron chi connectivity index (χ0n) is 10.3. The van der Waals surface area contributed by atoms with E-state index in [4.69, 9.17) is 16.7 Å². The topological polar surface area (TPSA) is 62.2 Å². The summed E-state index contributed by atoms with van der Waals surface area (Å²) in [6.07, 6.45) is -3.40. The van der Waals surface area contributed by atoms with Crippen LogP contribution in [0.4, 0.5) is 24.5 Å². The van der Waals surface area contributed by atoms with Gasteiger partial charge in [0, 0.05) is 16.9 Å². The number of pyridine rings is 1. The van der Waals surface area contributed by atoms with Gasteiger partial charge in [0.05, 0.1) is 11.3 Å². The maximum Gasteiger partial charge on any atom is 0.418 e. The molecule has 2 rings (SSSR count). The molecule has 1 heterocycles. The maximum atomic E-state index is 12.9. The number of hydrogen-bond donors (Lipinski definition) is 2. The monoisotopic (exact) mass is 316 g/mol. The number of carbonyl (C=O) groups is 1. The normalized spacial score (nSPS) is 11.2. The predicted octanol–water partition coefficient (Wildman–Crippen LogP) is 4.20. The van der Waals surface area contributed by atoms with Crippen molar-refractivity contribution in [2.75, 3.05) is 5.32 Å². The van der Waals surface area contributed by atoms with Crippen LogP contribution < -0.4 is 5.32 Å². The van der Waals surface area contributed by atoms with E-state index in [9.17, 15) is 18.0 Å². The lowest BCUT2D eigenvalue weighted by Gasteiger charge is -2.15.